The molecule has 2 aromatic rings. The van der Waals surface area contributed by atoms with E-state index in [1.807, 2.05) is 36.7 Å². The van der Waals surface area contributed by atoms with E-state index in [2.05, 4.69) is 0 Å². The Morgan fingerprint density at radius 2 is 1.93 bits per heavy atom. The molecule has 1 saturated carbocycles. The molecule has 6 heteroatoms. The summed E-state index contributed by atoms with van der Waals surface area (Å²) in [7, 11) is 3.58. The standard InChI is InChI=1S/C22H30N2O4/c1-14-20(16-10-15(28-3)6-7-17(16)23(14)2)21(27)24-12-19(26)18(25)11-22(13-24)8-4-5-9-22/h6-7,10,18-19,25-26H,4-5,8-9,11-13H2,1-3H3/t18-,19+/m0/s1. The van der Waals surface area contributed by atoms with Crippen molar-refractivity contribution in [3.8, 4) is 5.75 Å². The summed E-state index contributed by atoms with van der Waals surface area (Å²) in [6.07, 6.45) is 3.13. The number of amides is 1. The molecule has 1 aromatic carbocycles. The van der Waals surface area contributed by atoms with E-state index < -0.39 is 12.2 Å². The molecule has 6 nitrogen and oxygen atoms in total. The zero-order valence-corrected chi connectivity index (χ0v) is 16.9. The van der Waals surface area contributed by atoms with Crippen LogP contribution in [-0.4, -0.2) is 58.0 Å². The van der Waals surface area contributed by atoms with E-state index in [4.69, 9.17) is 4.74 Å². The Kier molecular flexibility index (Phi) is 4.88. The van der Waals surface area contributed by atoms with Crippen LogP contribution in [0.4, 0.5) is 0 Å². The molecule has 0 radical (unpaired) electrons. The number of aryl methyl sites for hydroxylation is 1. The smallest absolute Gasteiger partial charge is 0.256 e. The molecule has 1 spiro atoms. The van der Waals surface area contributed by atoms with Crippen molar-refractivity contribution in [1.82, 2.24) is 9.47 Å². The summed E-state index contributed by atoms with van der Waals surface area (Å²) in [5, 5.41) is 21.8. The van der Waals surface area contributed by atoms with Gasteiger partial charge in [0, 0.05) is 36.7 Å². The first-order valence-electron chi connectivity index (χ1n) is 10.1. The molecule has 1 aliphatic carbocycles. The summed E-state index contributed by atoms with van der Waals surface area (Å²) in [5.41, 5.74) is 2.46. The third-order valence-electron chi connectivity index (χ3n) is 6.88. The largest absolute Gasteiger partial charge is 0.497 e. The number of carbonyl (C=O) groups is 1. The number of carbonyl (C=O) groups excluding carboxylic acids is 1. The van der Waals surface area contributed by atoms with Crippen LogP contribution in [0.3, 0.4) is 0 Å². The highest BCUT2D eigenvalue weighted by molar-refractivity contribution is 6.08. The number of aliphatic hydroxyl groups excluding tert-OH is 2. The predicted molar refractivity (Wildman–Crippen MR) is 108 cm³/mol. The molecule has 2 heterocycles. The molecule has 1 saturated heterocycles. The molecule has 1 aromatic heterocycles. The molecule has 2 aliphatic rings. The van der Waals surface area contributed by atoms with Gasteiger partial charge in [-0.1, -0.05) is 12.8 Å². The maximum absolute atomic E-state index is 13.7. The molecule has 152 valence electrons. The van der Waals surface area contributed by atoms with E-state index >= 15 is 0 Å². The minimum Gasteiger partial charge on any atom is -0.497 e. The molecule has 0 bridgehead atoms. The highest BCUT2D eigenvalue weighted by atomic mass is 16.5. The third-order valence-corrected chi connectivity index (χ3v) is 6.88. The van der Waals surface area contributed by atoms with Gasteiger partial charge in [0.25, 0.3) is 5.91 Å². The van der Waals surface area contributed by atoms with Gasteiger partial charge in [-0.25, -0.2) is 0 Å². The summed E-state index contributed by atoms with van der Waals surface area (Å²) in [6, 6.07) is 5.77. The topological polar surface area (TPSA) is 74.9 Å². The van der Waals surface area contributed by atoms with Crippen molar-refractivity contribution in [3.63, 3.8) is 0 Å². The van der Waals surface area contributed by atoms with Crippen molar-refractivity contribution < 1.29 is 19.7 Å². The van der Waals surface area contributed by atoms with Crippen molar-refractivity contribution in [3.05, 3.63) is 29.5 Å². The fourth-order valence-electron chi connectivity index (χ4n) is 5.21. The van der Waals surface area contributed by atoms with Gasteiger partial charge in [0.2, 0.25) is 0 Å². The van der Waals surface area contributed by atoms with Crippen molar-refractivity contribution in [1.29, 1.82) is 0 Å². The maximum atomic E-state index is 13.7. The quantitative estimate of drug-likeness (QED) is 0.832. The number of aromatic nitrogens is 1. The number of hydrogen-bond acceptors (Lipinski definition) is 4. The monoisotopic (exact) mass is 386 g/mol. The molecule has 1 amide bonds. The van der Waals surface area contributed by atoms with Crippen LogP contribution in [0.15, 0.2) is 18.2 Å². The first kappa shape index (κ1) is 19.3. The van der Waals surface area contributed by atoms with Crippen LogP contribution in [0.1, 0.15) is 48.2 Å². The summed E-state index contributed by atoms with van der Waals surface area (Å²) in [6.45, 7) is 2.72. The van der Waals surface area contributed by atoms with Gasteiger partial charge >= 0.3 is 0 Å². The van der Waals surface area contributed by atoms with Gasteiger partial charge in [-0.15, -0.1) is 0 Å². The summed E-state index contributed by atoms with van der Waals surface area (Å²) < 4.78 is 7.40. The summed E-state index contributed by atoms with van der Waals surface area (Å²) in [5.74, 6) is 0.640. The highest BCUT2D eigenvalue weighted by Crippen LogP contribution is 2.45. The zero-order valence-electron chi connectivity index (χ0n) is 16.9. The van der Waals surface area contributed by atoms with Crippen molar-refractivity contribution in [2.75, 3.05) is 20.2 Å². The lowest BCUT2D eigenvalue weighted by molar-refractivity contribution is 0.00161. The number of nitrogens with zero attached hydrogens (tertiary/aromatic N) is 2. The van der Waals surface area contributed by atoms with Crippen LogP contribution >= 0.6 is 0 Å². The molecule has 2 fully saturated rings. The highest BCUT2D eigenvalue weighted by Gasteiger charge is 2.43. The Morgan fingerprint density at radius 3 is 2.61 bits per heavy atom. The van der Waals surface area contributed by atoms with Gasteiger partial charge in [0.1, 0.15) is 5.75 Å². The van der Waals surface area contributed by atoms with Gasteiger partial charge in [-0.05, 0) is 49.8 Å². The van der Waals surface area contributed by atoms with Crippen molar-refractivity contribution in [2.45, 2.75) is 51.2 Å². The van der Waals surface area contributed by atoms with Crippen LogP contribution in [-0.2, 0) is 7.05 Å². The molecule has 28 heavy (non-hydrogen) atoms. The lowest BCUT2D eigenvalue weighted by atomic mass is 9.80. The van der Waals surface area contributed by atoms with Crippen LogP contribution in [0.5, 0.6) is 5.75 Å². The Bertz CT molecular complexity index is 898. The van der Waals surface area contributed by atoms with E-state index in [1.165, 1.54) is 0 Å². The Hall–Kier alpha value is -2.05. The summed E-state index contributed by atoms with van der Waals surface area (Å²) >= 11 is 0. The maximum Gasteiger partial charge on any atom is 0.256 e. The van der Waals surface area contributed by atoms with E-state index in [9.17, 15) is 15.0 Å². The second kappa shape index (κ2) is 7.08. The lowest BCUT2D eigenvalue weighted by Crippen LogP contribution is -2.41. The number of ether oxygens (including phenoxy) is 1. The fourth-order valence-corrected chi connectivity index (χ4v) is 5.21. The number of hydrogen-bond donors (Lipinski definition) is 2. The second-order valence-electron chi connectivity index (χ2n) is 8.63. The number of likely N-dealkylation sites (tertiary alicyclic amines) is 1. The molecular weight excluding hydrogens is 356 g/mol. The van der Waals surface area contributed by atoms with E-state index in [0.29, 0.717) is 24.3 Å². The normalized spacial score (nSPS) is 24.7. The predicted octanol–water partition coefficient (Wildman–Crippen LogP) is 2.62. The van der Waals surface area contributed by atoms with Gasteiger partial charge < -0.3 is 24.4 Å². The van der Waals surface area contributed by atoms with E-state index in [0.717, 1.165) is 42.3 Å². The van der Waals surface area contributed by atoms with Gasteiger partial charge in [-0.2, -0.15) is 0 Å². The van der Waals surface area contributed by atoms with Gasteiger partial charge in [-0.3, -0.25) is 4.79 Å². The Balaban J connectivity index is 1.76. The Labute approximate surface area is 165 Å². The minimum absolute atomic E-state index is 0.0734. The van der Waals surface area contributed by atoms with Crippen LogP contribution in [0, 0.1) is 12.3 Å². The first-order chi connectivity index (χ1) is 13.3. The third kappa shape index (κ3) is 3.08. The zero-order chi connectivity index (χ0) is 20.1. The van der Waals surface area contributed by atoms with Crippen molar-refractivity contribution >= 4 is 16.8 Å². The number of benzene rings is 1. The number of fused-ring (bicyclic) bond motifs is 1. The number of aliphatic hydroxyl groups is 2. The molecule has 1 aliphatic heterocycles. The molecule has 4 rings (SSSR count). The van der Waals surface area contributed by atoms with Crippen LogP contribution < -0.4 is 4.74 Å². The minimum atomic E-state index is -0.909. The molecule has 2 N–H and O–H groups in total. The van der Waals surface area contributed by atoms with Crippen LogP contribution in [0.2, 0.25) is 0 Å². The average Bonchev–Trinajstić information content (AvgIpc) is 3.19. The SMILES string of the molecule is COc1ccc2c(c1)c(C(=O)N1C[C@@H](O)[C@@H](O)CC3(CCCC3)C1)c(C)n2C. The Morgan fingerprint density at radius 1 is 1.21 bits per heavy atom. The van der Waals surface area contributed by atoms with E-state index in [1.54, 1.807) is 12.0 Å². The number of rotatable bonds is 2. The van der Waals surface area contributed by atoms with Gasteiger partial charge in [0.05, 0.1) is 24.9 Å². The van der Waals surface area contributed by atoms with Crippen molar-refractivity contribution in [2.24, 2.45) is 12.5 Å². The molecule has 2 atom stereocenters. The fraction of sp³-hybridized carbons (Fsp3) is 0.591. The lowest BCUT2D eigenvalue weighted by Gasteiger charge is -2.33. The summed E-state index contributed by atoms with van der Waals surface area (Å²) in [4.78, 5) is 15.4. The molecular formula is C22H30N2O4. The first-order valence-corrected chi connectivity index (χ1v) is 10.1. The number of methoxy groups -OCH3 is 1. The van der Waals surface area contributed by atoms with E-state index in [-0.39, 0.29) is 17.9 Å². The number of β-amino-alcohol motifs (C(OH)–C–C–N with tert-alkyl or cyclic N) is 1. The molecule has 0 unspecified atom stereocenters. The van der Waals surface area contributed by atoms with Crippen LogP contribution in [0.25, 0.3) is 10.9 Å². The van der Waals surface area contributed by atoms with Gasteiger partial charge in [0.15, 0.2) is 0 Å². The second-order valence-corrected chi connectivity index (χ2v) is 8.63. The average molecular weight is 386 g/mol.